The second kappa shape index (κ2) is 6.06. The Kier molecular flexibility index (Phi) is 4.33. The van der Waals surface area contributed by atoms with E-state index in [1.54, 1.807) is 4.31 Å². The average molecular weight is 312 g/mol. The van der Waals surface area contributed by atoms with Crippen molar-refractivity contribution in [1.29, 1.82) is 0 Å². The number of rotatable bonds is 4. The molecular weight excluding hydrogens is 288 g/mol. The van der Waals surface area contributed by atoms with Crippen LogP contribution in [0.15, 0.2) is 6.07 Å². The predicted molar refractivity (Wildman–Crippen MR) is 81.1 cm³/mol. The van der Waals surface area contributed by atoms with Gasteiger partial charge in [0.1, 0.15) is 0 Å². The SMILES string of the molecule is CC(NS(=O)(=O)N1CCCCC1)c1cc2n(n1)CCCC2. The zero-order valence-corrected chi connectivity index (χ0v) is 13.4. The second-order valence-electron chi connectivity index (χ2n) is 6.05. The van der Waals surface area contributed by atoms with Crippen LogP contribution >= 0.6 is 0 Å². The Morgan fingerprint density at radius 2 is 1.86 bits per heavy atom. The molecule has 6 nitrogen and oxygen atoms in total. The highest BCUT2D eigenvalue weighted by Gasteiger charge is 2.27. The normalized spacial score (nSPS) is 22.0. The first-order valence-corrected chi connectivity index (χ1v) is 9.34. The molecule has 0 amide bonds. The number of piperidine rings is 1. The third-order valence-electron chi connectivity index (χ3n) is 4.36. The number of fused-ring (bicyclic) bond motifs is 1. The van der Waals surface area contributed by atoms with Crippen LogP contribution < -0.4 is 4.72 Å². The van der Waals surface area contributed by atoms with Gasteiger partial charge in [-0.05, 0) is 45.1 Å². The van der Waals surface area contributed by atoms with Crippen LogP contribution in [0.25, 0.3) is 0 Å². The van der Waals surface area contributed by atoms with Gasteiger partial charge in [0.15, 0.2) is 0 Å². The van der Waals surface area contributed by atoms with E-state index < -0.39 is 10.2 Å². The van der Waals surface area contributed by atoms with Crippen LogP contribution in [0.1, 0.15) is 56.5 Å². The van der Waals surface area contributed by atoms with Gasteiger partial charge in [-0.15, -0.1) is 0 Å². The van der Waals surface area contributed by atoms with Crippen LogP contribution in [0.5, 0.6) is 0 Å². The number of aryl methyl sites for hydroxylation is 2. The number of nitrogens with zero attached hydrogens (tertiary/aromatic N) is 3. The zero-order chi connectivity index (χ0) is 14.9. The lowest BCUT2D eigenvalue weighted by Crippen LogP contribution is -2.44. The maximum atomic E-state index is 12.4. The molecule has 3 heterocycles. The third-order valence-corrected chi connectivity index (χ3v) is 6.06. The van der Waals surface area contributed by atoms with Crippen molar-refractivity contribution >= 4 is 10.2 Å². The van der Waals surface area contributed by atoms with Crippen molar-refractivity contribution in [2.45, 2.75) is 58.0 Å². The molecule has 1 unspecified atom stereocenters. The molecular formula is C14H24N4O2S. The summed E-state index contributed by atoms with van der Waals surface area (Å²) in [6.45, 7) is 4.07. The summed E-state index contributed by atoms with van der Waals surface area (Å²) >= 11 is 0. The van der Waals surface area contributed by atoms with Gasteiger partial charge in [0.05, 0.1) is 11.7 Å². The van der Waals surface area contributed by atoms with Crippen LogP contribution in [-0.4, -0.2) is 35.6 Å². The first-order valence-electron chi connectivity index (χ1n) is 7.90. The smallest absolute Gasteiger partial charge is 0.269 e. The maximum Gasteiger partial charge on any atom is 0.280 e. The van der Waals surface area contributed by atoms with E-state index in [0.717, 1.165) is 44.3 Å². The van der Waals surface area contributed by atoms with Gasteiger partial charge in [0.2, 0.25) is 0 Å². The van der Waals surface area contributed by atoms with Crippen LogP contribution in [-0.2, 0) is 23.2 Å². The van der Waals surface area contributed by atoms with Crippen molar-refractivity contribution in [1.82, 2.24) is 18.8 Å². The van der Waals surface area contributed by atoms with Gasteiger partial charge in [-0.1, -0.05) is 6.42 Å². The molecule has 2 aliphatic heterocycles. The van der Waals surface area contributed by atoms with E-state index >= 15 is 0 Å². The summed E-state index contributed by atoms with van der Waals surface area (Å²) in [6, 6.07) is 1.76. The van der Waals surface area contributed by atoms with E-state index in [4.69, 9.17) is 0 Å². The molecule has 2 aliphatic rings. The molecule has 0 aromatic carbocycles. The minimum atomic E-state index is -3.40. The number of hydrogen-bond acceptors (Lipinski definition) is 3. The molecule has 7 heteroatoms. The Labute approximate surface area is 126 Å². The Hall–Kier alpha value is -0.920. The van der Waals surface area contributed by atoms with E-state index in [2.05, 4.69) is 9.82 Å². The molecule has 0 bridgehead atoms. The van der Waals surface area contributed by atoms with E-state index in [1.165, 1.54) is 12.1 Å². The molecule has 1 aromatic heterocycles. The molecule has 1 fully saturated rings. The second-order valence-corrected chi connectivity index (χ2v) is 7.75. The number of nitrogens with one attached hydrogen (secondary N) is 1. The minimum Gasteiger partial charge on any atom is -0.269 e. The Balaban J connectivity index is 1.70. The molecule has 0 radical (unpaired) electrons. The third kappa shape index (κ3) is 3.30. The topological polar surface area (TPSA) is 67.2 Å². The molecule has 0 saturated carbocycles. The minimum absolute atomic E-state index is 0.282. The van der Waals surface area contributed by atoms with Gasteiger partial charge < -0.3 is 0 Å². The highest BCUT2D eigenvalue weighted by molar-refractivity contribution is 7.87. The first-order chi connectivity index (χ1) is 10.1. The summed E-state index contributed by atoms with van der Waals surface area (Å²) in [7, 11) is -3.40. The van der Waals surface area contributed by atoms with Crippen molar-refractivity contribution < 1.29 is 8.42 Å². The van der Waals surface area contributed by atoms with Gasteiger partial charge in [-0.3, -0.25) is 4.68 Å². The van der Waals surface area contributed by atoms with Crippen LogP contribution in [0.2, 0.25) is 0 Å². The van der Waals surface area contributed by atoms with Crippen molar-refractivity contribution in [3.8, 4) is 0 Å². The standard InChI is InChI=1S/C14H24N4O2S/c1-12(14-11-13-7-3-6-10-18(13)15-14)16-21(19,20)17-8-4-2-5-9-17/h11-12,16H,2-10H2,1H3. The zero-order valence-electron chi connectivity index (χ0n) is 12.6. The monoisotopic (exact) mass is 312 g/mol. The molecule has 1 saturated heterocycles. The van der Waals surface area contributed by atoms with Gasteiger partial charge in [0.25, 0.3) is 10.2 Å². The van der Waals surface area contributed by atoms with Crippen molar-refractivity contribution in [2.75, 3.05) is 13.1 Å². The number of aromatic nitrogens is 2. The molecule has 21 heavy (non-hydrogen) atoms. The quantitative estimate of drug-likeness (QED) is 0.918. The van der Waals surface area contributed by atoms with Gasteiger partial charge in [-0.2, -0.15) is 22.5 Å². The lowest BCUT2D eigenvalue weighted by Gasteiger charge is -2.27. The van der Waals surface area contributed by atoms with Crippen LogP contribution in [0.4, 0.5) is 0 Å². The van der Waals surface area contributed by atoms with Crippen molar-refractivity contribution in [3.63, 3.8) is 0 Å². The summed E-state index contributed by atoms with van der Waals surface area (Å²) < 4.78 is 31.1. The van der Waals surface area contributed by atoms with Gasteiger partial charge in [0, 0.05) is 25.3 Å². The van der Waals surface area contributed by atoms with Crippen molar-refractivity contribution in [2.24, 2.45) is 0 Å². The molecule has 1 atom stereocenters. The van der Waals surface area contributed by atoms with Crippen LogP contribution in [0, 0.1) is 0 Å². The molecule has 0 aliphatic carbocycles. The highest BCUT2D eigenvalue weighted by Crippen LogP contribution is 2.21. The van der Waals surface area contributed by atoms with E-state index in [-0.39, 0.29) is 6.04 Å². The van der Waals surface area contributed by atoms with Gasteiger partial charge in [-0.25, -0.2) is 0 Å². The van der Waals surface area contributed by atoms with Gasteiger partial charge >= 0.3 is 0 Å². The lowest BCUT2D eigenvalue weighted by molar-refractivity contribution is 0.339. The van der Waals surface area contributed by atoms with Crippen LogP contribution in [0.3, 0.4) is 0 Å². The molecule has 3 rings (SSSR count). The summed E-state index contributed by atoms with van der Waals surface area (Å²) in [5, 5.41) is 4.55. The van der Waals surface area contributed by atoms with E-state index in [9.17, 15) is 8.42 Å². The molecule has 118 valence electrons. The summed E-state index contributed by atoms with van der Waals surface area (Å²) in [4.78, 5) is 0. The first kappa shape index (κ1) is 15.0. The molecule has 0 spiro atoms. The predicted octanol–water partition coefficient (Wildman–Crippen LogP) is 1.60. The lowest BCUT2D eigenvalue weighted by atomic mass is 10.1. The van der Waals surface area contributed by atoms with E-state index in [0.29, 0.717) is 13.1 Å². The summed E-state index contributed by atoms with van der Waals surface area (Å²) in [5.74, 6) is 0. The van der Waals surface area contributed by atoms with E-state index in [1.807, 2.05) is 17.7 Å². The fourth-order valence-corrected chi connectivity index (χ4v) is 4.57. The maximum absolute atomic E-state index is 12.4. The highest BCUT2D eigenvalue weighted by atomic mass is 32.2. The molecule has 1 N–H and O–H groups in total. The fourth-order valence-electron chi connectivity index (χ4n) is 3.12. The summed E-state index contributed by atoms with van der Waals surface area (Å²) in [6.07, 6.45) is 6.41. The van der Waals surface area contributed by atoms with Crippen molar-refractivity contribution in [3.05, 3.63) is 17.5 Å². The Morgan fingerprint density at radius 3 is 2.57 bits per heavy atom. The average Bonchev–Trinajstić information content (AvgIpc) is 2.92. The Bertz CT molecular complexity index is 567. The molecule has 1 aromatic rings. The fraction of sp³-hybridized carbons (Fsp3) is 0.786. The number of hydrogen-bond donors (Lipinski definition) is 1. The summed E-state index contributed by atoms with van der Waals surface area (Å²) in [5.41, 5.74) is 2.05. The largest absolute Gasteiger partial charge is 0.280 e. The Morgan fingerprint density at radius 1 is 1.14 bits per heavy atom.